The van der Waals surface area contributed by atoms with Crippen LogP contribution in [0.25, 0.3) is 0 Å². The minimum atomic E-state index is -0.0954. The molecule has 100 valence electrons. The molecule has 2 saturated carbocycles. The van der Waals surface area contributed by atoms with Crippen LogP contribution in [-0.2, 0) is 9.59 Å². The number of fused-ring (bicyclic) bond motifs is 1. The summed E-state index contributed by atoms with van der Waals surface area (Å²) in [6, 6.07) is 7.23. The van der Waals surface area contributed by atoms with E-state index in [1.165, 1.54) is 13.3 Å². The molecule has 0 saturated heterocycles. The summed E-state index contributed by atoms with van der Waals surface area (Å²) in [5.74, 6) is 1.87. The van der Waals surface area contributed by atoms with Crippen LogP contribution in [0, 0.1) is 17.8 Å². The van der Waals surface area contributed by atoms with E-state index in [2.05, 4.69) is 10.6 Å². The largest absolute Gasteiger partial charge is 0.326 e. The normalized spacial score (nSPS) is 27.5. The van der Waals surface area contributed by atoms with Crippen molar-refractivity contribution < 1.29 is 9.59 Å². The fourth-order valence-electron chi connectivity index (χ4n) is 3.01. The number of anilines is 2. The SMILES string of the molecule is CC(=O)Nc1ccc(NC(=O)C2CC3CC3C2)cc1. The van der Waals surface area contributed by atoms with Gasteiger partial charge in [0.1, 0.15) is 0 Å². The minimum Gasteiger partial charge on any atom is -0.326 e. The lowest BCUT2D eigenvalue weighted by atomic mass is 10.0. The first-order valence-electron chi connectivity index (χ1n) is 6.80. The Bertz CT molecular complexity index is 499. The molecule has 0 radical (unpaired) electrons. The lowest BCUT2D eigenvalue weighted by molar-refractivity contribution is -0.120. The molecule has 0 aromatic heterocycles. The van der Waals surface area contributed by atoms with Crippen LogP contribution in [0.5, 0.6) is 0 Å². The predicted octanol–water partition coefficient (Wildman–Crippen LogP) is 2.63. The van der Waals surface area contributed by atoms with E-state index in [9.17, 15) is 9.59 Å². The molecule has 0 heterocycles. The molecule has 2 aliphatic rings. The zero-order valence-electron chi connectivity index (χ0n) is 11.0. The summed E-state index contributed by atoms with van der Waals surface area (Å²) in [5, 5.41) is 5.65. The van der Waals surface area contributed by atoms with Crippen LogP contribution < -0.4 is 10.6 Å². The van der Waals surface area contributed by atoms with Gasteiger partial charge in [-0.15, -0.1) is 0 Å². The average molecular weight is 258 g/mol. The Labute approximate surface area is 112 Å². The Balaban J connectivity index is 1.57. The first-order valence-corrected chi connectivity index (χ1v) is 6.80. The van der Waals surface area contributed by atoms with E-state index >= 15 is 0 Å². The fourth-order valence-corrected chi connectivity index (χ4v) is 3.01. The number of hydrogen-bond donors (Lipinski definition) is 2. The Hall–Kier alpha value is -1.84. The van der Waals surface area contributed by atoms with Gasteiger partial charge in [-0.05, 0) is 55.4 Å². The Morgan fingerprint density at radius 3 is 2.00 bits per heavy atom. The minimum absolute atomic E-state index is 0.0954. The molecule has 1 aromatic carbocycles. The summed E-state index contributed by atoms with van der Waals surface area (Å²) in [7, 11) is 0. The number of nitrogens with one attached hydrogen (secondary N) is 2. The second kappa shape index (κ2) is 4.68. The van der Waals surface area contributed by atoms with Gasteiger partial charge in [0.05, 0.1) is 0 Å². The average Bonchev–Trinajstić information content (AvgIpc) is 2.98. The predicted molar refractivity (Wildman–Crippen MR) is 73.7 cm³/mol. The first-order chi connectivity index (χ1) is 9.11. The molecule has 2 fully saturated rings. The van der Waals surface area contributed by atoms with Crippen LogP contribution in [0.1, 0.15) is 26.2 Å². The van der Waals surface area contributed by atoms with Crippen LogP contribution in [0.3, 0.4) is 0 Å². The Morgan fingerprint density at radius 1 is 0.947 bits per heavy atom. The molecule has 4 heteroatoms. The number of carbonyl (C=O) groups excluding carboxylic acids is 2. The molecule has 3 rings (SSSR count). The highest BCUT2D eigenvalue weighted by molar-refractivity contribution is 5.93. The molecule has 2 N–H and O–H groups in total. The molecule has 4 nitrogen and oxygen atoms in total. The molecule has 0 bridgehead atoms. The molecule has 2 aliphatic carbocycles. The summed E-state index contributed by atoms with van der Waals surface area (Å²) in [6.45, 7) is 1.47. The molecule has 2 atom stereocenters. The van der Waals surface area contributed by atoms with E-state index < -0.39 is 0 Å². The first kappa shape index (κ1) is 12.2. The van der Waals surface area contributed by atoms with Crippen LogP contribution in [-0.4, -0.2) is 11.8 Å². The number of hydrogen-bond acceptors (Lipinski definition) is 2. The Kier molecular flexibility index (Phi) is 3.01. The molecule has 2 amide bonds. The maximum absolute atomic E-state index is 12.1. The lowest BCUT2D eigenvalue weighted by Crippen LogP contribution is -2.21. The number of amides is 2. The number of benzene rings is 1. The lowest BCUT2D eigenvalue weighted by Gasteiger charge is -2.12. The van der Waals surface area contributed by atoms with Gasteiger partial charge < -0.3 is 10.6 Å². The highest BCUT2D eigenvalue weighted by Crippen LogP contribution is 2.54. The van der Waals surface area contributed by atoms with Crippen molar-refractivity contribution in [3.05, 3.63) is 24.3 Å². The van der Waals surface area contributed by atoms with Gasteiger partial charge in [-0.2, -0.15) is 0 Å². The maximum atomic E-state index is 12.1. The van der Waals surface area contributed by atoms with Crippen molar-refractivity contribution in [3.8, 4) is 0 Å². The highest BCUT2D eigenvalue weighted by atomic mass is 16.2. The van der Waals surface area contributed by atoms with Gasteiger partial charge in [0, 0.05) is 24.2 Å². The molecular formula is C15H18N2O2. The van der Waals surface area contributed by atoms with Crippen molar-refractivity contribution in [2.75, 3.05) is 10.6 Å². The quantitative estimate of drug-likeness (QED) is 0.875. The second-order valence-corrected chi connectivity index (χ2v) is 5.67. The number of carbonyl (C=O) groups is 2. The van der Waals surface area contributed by atoms with Crippen molar-refractivity contribution in [1.82, 2.24) is 0 Å². The van der Waals surface area contributed by atoms with E-state index in [-0.39, 0.29) is 17.7 Å². The monoisotopic (exact) mass is 258 g/mol. The van der Waals surface area contributed by atoms with E-state index in [1.54, 1.807) is 12.1 Å². The van der Waals surface area contributed by atoms with Crippen molar-refractivity contribution in [2.24, 2.45) is 17.8 Å². The molecule has 19 heavy (non-hydrogen) atoms. The van der Waals surface area contributed by atoms with E-state index in [1.807, 2.05) is 12.1 Å². The van der Waals surface area contributed by atoms with Gasteiger partial charge in [-0.3, -0.25) is 9.59 Å². The summed E-state index contributed by atoms with van der Waals surface area (Å²) < 4.78 is 0. The molecule has 2 unspecified atom stereocenters. The Morgan fingerprint density at radius 2 is 1.47 bits per heavy atom. The van der Waals surface area contributed by atoms with Gasteiger partial charge >= 0.3 is 0 Å². The summed E-state index contributed by atoms with van der Waals surface area (Å²) in [4.78, 5) is 23.0. The second-order valence-electron chi connectivity index (χ2n) is 5.67. The van der Waals surface area contributed by atoms with Gasteiger partial charge in [-0.25, -0.2) is 0 Å². The molecular weight excluding hydrogens is 240 g/mol. The standard InChI is InChI=1S/C15H18N2O2/c1-9(18)16-13-2-4-14(5-3-13)17-15(19)12-7-10-6-11(10)8-12/h2-5,10-12H,6-8H2,1H3,(H,16,18)(H,17,19). The van der Waals surface area contributed by atoms with E-state index in [0.717, 1.165) is 36.1 Å². The van der Waals surface area contributed by atoms with E-state index in [4.69, 9.17) is 0 Å². The van der Waals surface area contributed by atoms with Gasteiger partial charge in [-0.1, -0.05) is 0 Å². The summed E-state index contributed by atoms with van der Waals surface area (Å²) >= 11 is 0. The maximum Gasteiger partial charge on any atom is 0.227 e. The molecule has 0 aliphatic heterocycles. The van der Waals surface area contributed by atoms with Crippen molar-refractivity contribution in [2.45, 2.75) is 26.2 Å². The van der Waals surface area contributed by atoms with E-state index in [0.29, 0.717) is 0 Å². The van der Waals surface area contributed by atoms with Gasteiger partial charge in [0.25, 0.3) is 0 Å². The summed E-state index contributed by atoms with van der Waals surface area (Å²) in [6.07, 6.45) is 3.44. The topological polar surface area (TPSA) is 58.2 Å². The van der Waals surface area contributed by atoms with Crippen molar-refractivity contribution >= 4 is 23.2 Å². The van der Waals surface area contributed by atoms with Crippen LogP contribution in [0.4, 0.5) is 11.4 Å². The van der Waals surface area contributed by atoms with Crippen LogP contribution >= 0.6 is 0 Å². The smallest absolute Gasteiger partial charge is 0.227 e. The fraction of sp³-hybridized carbons (Fsp3) is 0.467. The third-order valence-electron chi connectivity index (χ3n) is 4.09. The zero-order valence-corrected chi connectivity index (χ0v) is 11.0. The van der Waals surface area contributed by atoms with Gasteiger partial charge in [0.2, 0.25) is 11.8 Å². The zero-order chi connectivity index (χ0) is 13.4. The van der Waals surface area contributed by atoms with Crippen molar-refractivity contribution in [1.29, 1.82) is 0 Å². The van der Waals surface area contributed by atoms with Crippen LogP contribution in [0.2, 0.25) is 0 Å². The highest BCUT2D eigenvalue weighted by Gasteiger charge is 2.47. The van der Waals surface area contributed by atoms with Crippen molar-refractivity contribution in [3.63, 3.8) is 0 Å². The molecule has 0 spiro atoms. The van der Waals surface area contributed by atoms with Gasteiger partial charge in [0.15, 0.2) is 0 Å². The number of rotatable bonds is 3. The third-order valence-corrected chi connectivity index (χ3v) is 4.09. The molecule has 1 aromatic rings. The third kappa shape index (κ3) is 2.78. The summed E-state index contributed by atoms with van der Waals surface area (Å²) in [5.41, 5.74) is 1.53. The van der Waals surface area contributed by atoms with Crippen LogP contribution in [0.15, 0.2) is 24.3 Å².